The van der Waals surface area contributed by atoms with Crippen LogP contribution in [0.25, 0.3) is 32.0 Å². The number of nitrogens with zero attached hydrogens (tertiary/aromatic N) is 4. The Hall–Kier alpha value is -2.27. The number of aryl methyl sites for hydroxylation is 1. The van der Waals surface area contributed by atoms with Crippen molar-refractivity contribution in [1.82, 2.24) is 14.5 Å². The summed E-state index contributed by atoms with van der Waals surface area (Å²) in [7, 11) is 2.12. The summed E-state index contributed by atoms with van der Waals surface area (Å²) < 4.78 is 4.62. The molecule has 4 nitrogen and oxygen atoms in total. The maximum Gasteiger partial charge on any atom is 0.272 e. The fourth-order valence-corrected chi connectivity index (χ4v) is 4.41. The van der Waals surface area contributed by atoms with Gasteiger partial charge in [0.15, 0.2) is 16.9 Å². The van der Waals surface area contributed by atoms with Crippen molar-refractivity contribution in [2.24, 2.45) is 7.05 Å². The van der Waals surface area contributed by atoms with E-state index in [0.29, 0.717) is 0 Å². The van der Waals surface area contributed by atoms with E-state index >= 15 is 0 Å². The normalized spacial score (nSPS) is 13.1. The fourth-order valence-electron chi connectivity index (χ4n) is 3.11. The average molecular weight is 279 g/mol. The molecule has 20 heavy (non-hydrogen) atoms. The van der Waals surface area contributed by atoms with Gasteiger partial charge >= 0.3 is 0 Å². The highest BCUT2D eigenvalue weighted by Gasteiger charge is 2.35. The number of fused-ring (bicyclic) bond motifs is 7. The summed E-state index contributed by atoms with van der Waals surface area (Å²) in [4.78, 5) is 10.1. The van der Waals surface area contributed by atoms with Crippen LogP contribution in [0.1, 0.15) is 5.56 Å². The summed E-state index contributed by atoms with van der Waals surface area (Å²) in [6, 6.07) is 6.24. The molecule has 0 bridgehead atoms. The second-order valence-electron chi connectivity index (χ2n) is 5.11. The largest absolute Gasteiger partial charge is 0.329 e. The first-order chi connectivity index (χ1) is 9.84. The van der Waals surface area contributed by atoms with E-state index in [1.165, 1.54) is 32.0 Å². The number of thiazole rings is 1. The number of rotatable bonds is 0. The molecular formula is C15H11N4S+. The molecule has 96 valence electrons. The monoisotopic (exact) mass is 279 g/mol. The highest BCUT2D eigenvalue weighted by Crippen LogP contribution is 2.38. The van der Waals surface area contributed by atoms with Crippen LogP contribution in [-0.4, -0.2) is 14.5 Å². The van der Waals surface area contributed by atoms with Gasteiger partial charge in [-0.15, -0.1) is 0 Å². The minimum Gasteiger partial charge on any atom is -0.329 e. The highest BCUT2D eigenvalue weighted by molar-refractivity contribution is 7.21. The Bertz CT molecular complexity index is 996. The molecule has 0 atom stereocenters. The molecule has 0 saturated carbocycles. The molecule has 5 heterocycles. The average Bonchev–Trinajstić information content (AvgIpc) is 3.09. The SMILES string of the molecule is Cn1c2cccnc2c2c1sc1[n+]2Cc2cnccc2-1. The van der Waals surface area contributed by atoms with Crippen molar-refractivity contribution in [3.05, 3.63) is 42.4 Å². The van der Waals surface area contributed by atoms with E-state index in [1.807, 2.05) is 36.0 Å². The number of hydrogen-bond donors (Lipinski definition) is 0. The van der Waals surface area contributed by atoms with Crippen molar-refractivity contribution < 1.29 is 4.57 Å². The van der Waals surface area contributed by atoms with Gasteiger partial charge in [0.1, 0.15) is 0 Å². The van der Waals surface area contributed by atoms with Crippen LogP contribution in [0, 0.1) is 0 Å². The van der Waals surface area contributed by atoms with Crippen molar-refractivity contribution >= 4 is 32.7 Å². The summed E-state index contributed by atoms with van der Waals surface area (Å²) in [5.74, 6) is 0. The first-order valence-corrected chi connectivity index (χ1v) is 7.35. The molecule has 4 aromatic rings. The minimum absolute atomic E-state index is 0.897. The zero-order valence-electron chi connectivity index (χ0n) is 10.9. The molecule has 0 radical (unpaired) electrons. The van der Waals surface area contributed by atoms with Crippen molar-refractivity contribution in [2.45, 2.75) is 6.54 Å². The van der Waals surface area contributed by atoms with Crippen molar-refractivity contribution in [1.29, 1.82) is 0 Å². The third kappa shape index (κ3) is 1.10. The summed E-state index contributed by atoms with van der Waals surface area (Å²) in [6.07, 6.45) is 5.71. The van der Waals surface area contributed by atoms with Gasteiger partial charge in [-0.05, 0) is 29.5 Å². The molecule has 0 spiro atoms. The van der Waals surface area contributed by atoms with Crippen molar-refractivity contribution in [2.75, 3.05) is 0 Å². The van der Waals surface area contributed by atoms with E-state index in [1.54, 1.807) is 0 Å². The van der Waals surface area contributed by atoms with Gasteiger partial charge in [-0.25, -0.2) is 4.98 Å². The zero-order chi connectivity index (χ0) is 13.3. The van der Waals surface area contributed by atoms with E-state index in [-0.39, 0.29) is 0 Å². The molecule has 1 aliphatic rings. The van der Waals surface area contributed by atoms with Crippen molar-refractivity contribution in [3.63, 3.8) is 0 Å². The standard InChI is InChI=1S/C15H11N4S/c1-18-11-3-2-5-17-12(11)13-15(18)20-14-10-4-6-16-7-9(10)8-19(13)14/h2-7H,8H2,1H3/q+1. The predicted molar refractivity (Wildman–Crippen MR) is 78.6 cm³/mol. The molecule has 0 saturated heterocycles. The van der Waals surface area contributed by atoms with E-state index in [9.17, 15) is 0 Å². The van der Waals surface area contributed by atoms with Gasteiger partial charge in [0.2, 0.25) is 0 Å². The number of hydrogen-bond acceptors (Lipinski definition) is 3. The van der Waals surface area contributed by atoms with Gasteiger partial charge < -0.3 is 4.57 Å². The van der Waals surface area contributed by atoms with Crippen LogP contribution >= 0.6 is 11.3 Å². The van der Waals surface area contributed by atoms with Crippen molar-refractivity contribution in [3.8, 4) is 10.6 Å². The minimum atomic E-state index is 0.897. The molecular weight excluding hydrogens is 268 g/mol. The Labute approximate surface area is 119 Å². The Morgan fingerprint density at radius 3 is 3.20 bits per heavy atom. The molecule has 0 aliphatic carbocycles. The van der Waals surface area contributed by atoms with E-state index in [4.69, 9.17) is 0 Å². The smallest absolute Gasteiger partial charge is 0.272 e. The molecule has 0 amide bonds. The second-order valence-corrected chi connectivity index (χ2v) is 6.09. The van der Waals surface area contributed by atoms with Crippen LogP contribution in [0.5, 0.6) is 0 Å². The summed E-state index contributed by atoms with van der Waals surface area (Å²) >= 11 is 1.84. The molecule has 0 fully saturated rings. The molecule has 1 aliphatic heterocycles. The van der Waals surface area contributed by atoms with Crippen LogP contribution < -0.4 is 4.57 Å². The Kier molecular flexibility index (Phi) is 1.80. The van der Waals surface area contributed by atoms with Gasteiger partial charge in [-0.1, -0.05) is 0 Å². The molecule has 5 rings (SSSR count). The van der Waals surface area contributed by atoms with Gasteiger partial charge in [0.25, 0.3) is 10.5 Å². The topological polar surface area (TPSA) is 34.6 Å². The molecule has 5 heteroatoms. The van der Waals surface area contributed by atoms with E-state index in [2.05, 4.69) is 38.3 Å². The lowest BCUT2D eigenvalue weighted by Gasteiger charge is -1.93. The van der Waals surface area contributed by atoms with Gasteiger partial charge in [-0.3, -0.25) is 4.98 Å². The summed E-state index contributed by atoms with van der Waals surface area (Å²) in [6.45, 7) is 0.897. The molecule has 0 N–H and O–H groups in total. The zero-order valence-corrected chi connectivity index (χ0v) is 11.7. The predicted octanol–water partition coefficient (Wildman–Crippen LogP) is 2.50. The third-order valence-electron chi connectivity index (χ3n) is 4.05. The molecule has 0 unspecified atom stereocenters. The summed E-state index contributed by atoms with van der Waals surface area (Å²) in [5.41, 5.74) is 6.14. The molecule has 0 aromatic carbocycles. The van der Waals surface area contributed by atoms with Gasteiger partial charge in [0, 0.05) is 31.2 Å². The quantitative estimate of drug-likeness (QED) is 0.408. The van der Waals surface area contributed by atoms with Crippen LogP contribution in [-0.2, 0) is 13.6 Å². The number of pyridine rings is 2. The lowest BCUT2D eigenvalue weighted by molar-refractivity contribution is -0.641. The van der Waals surface area contributed by atoms with Crippen LogP contribution in [0.3, 0.4) is 0 Å². The second kappa shape index (κ2) is 3.43. The first-order valence-electron chi connectivity index (χ1n) is 6.53. The van der Waals surface area contributed by atoms with E-state index in [0.717, 1.165) is 12.1 Å². The molecule has 4 aromatic heterocycles. The Morgan fingerprint density at radius 2 is 2.25 bits per heavy atom. The summed E-state index contributed by atoms with van der Waals surface area (Å²) in [5, 5.41) is 1.32. The van der Waals surface area contributed by atoms with Crippen LogP contribution in [0.2, 0.25) is 0 Å². The lowest BCUT2D eigenvalue weighted by Crippen LogP contribution is -2.30. The van der Waals surface area contributed by atoms with Crippen LogP contribution in [0.15, 0.2) is 36.8 Å². The Morgan fingerprint density at radius 1 is 1.30 bits per heavy atom. The van der Waals surface area contributed by atoms with E-state index < -0.39 is 0 Å². The maximum atomic E-state index is 4.59. The highest BCUT2D eigenvalue weighted by atomic mass is 32.1. The van der Waals surface area contributed by atoms with Gasteiger partial charge in [-0.2, -0.15) is 4.57 Å². The Balaban J connectivity index is 1.97. The third-order valence-corrected chi connectivity index (χ3v) is 5.34. The lowest BCUT2D eigenvalue weighted by atomic mass is 10.2. The first kappa shape index (κ1) is 10.5. The van der Waals surface area contributed by atoms with Gasteiger partial charge in [0.05, 0.1) is 11.1 Å². The van der Waals surface area contributed by atoms with Crippen LogP contribution in [0.4, 0.5) is 0 Å². The fraction of sp³-hybridized carbons (Fsp3) is 0.133. The maximum absolute atomic E-state index is 4.59. The number of aromatic nitrogens is 4.